The van der Waals surface area contributed by atoms with Gasteiger partial charge in [-0.3, -0.25) is 33.6 Å². The van der Waals surface area contributed by atoms with E-state index in [0.717, 1.165) is 6.92 Å². The third-order valence-electron chi connectivity index (χ3n) is 11.7. The van der Waals surface area contributed by atoms with E-state index in [1.807, 2.05) is 12.2 Å². The van der Waals surface area contributed by atoms with E-state index in [1.165, 1.54) is 13.0 Å². The molecular weight excluding hydrogens is 636 g/mol. The predicted molar refractivity (Wildman–Crippen MR) is 184 cm³/mol. The van der Waals surface area contributed by atoms with Crippen LogP contribution in [-0.4, -0.2) is 56.3 Å². The lowest BCUT2D eigenvalue weighted by molar-refractivity contribution is -0.205. The number of fused-ring (bicyclic) bond motifs is 3. The van der Waals surface area contributed by atoms with Gasteiger partial charge in [-0.15, -0.1) is 0 Å². The van der Waals surface area contributed by atoms with Crippen molar-refractivity contribution in [3.05, 3.63) is 76.4 Å². The number of hydrogen-bond acceptors (Lipinski definition) is 9. The molecule has 4 aliphatic rings. The van der Waals surface area contributed by atoms with E-state index in [4.69, 9.17) is 0 Å². The van der Waals surface area contributed by atoms with Crippen LogP contribution >= 0.6 is 0 Å². The van der Waals surface area contributed by atoms with Crippen LogP contribution in [0.2, 0.25) is 0 Å². The highest BCUT2D eigenvalue weighted by Crippen LogP contribution is 2.64. The molecule has 0 amide bonds. The van der Waals surface area contributed by atoms with E-state index in [2.05, 4.69) is 0 Å². The molecule has 260 valence electrons. The molecular formula is C41H42O9. The molecule has 2 fully saturated rings. The maximum Gasteiger partial charge on any atom is 0.190 e. The van der Waals surface area contributed by atoms with Crippen LogP contribution in [0, 0.1) is 34.5 Å². The molecule has 6 atom stereocenters. The fourth-order valence-corrected chi connectivity index (χ4v) is 9.67. The van der Waals surface area contributed by atoms with Crippen LogP contribution in [0.15, 0.2) is 54.1 Å². The minimum absolute atomic E-state index is 0.0513. The summed E-state index contributed by atoms with van der Waals surface area (Å²) in [7, 11) is 0. The maximum atomic E-state index is 14.6. The minimum atomic E-state index is -2.78. The van der Waals surface area contributed by atoms with Crippen molar-refractivity contribution in [3.63, 3.8) is 0 Å². The van der Waals surface area contributed by atoms with E-state index < -0.39 is 69.0 Å². The molecule has 0 heterocycles. The summed E-state index contributed by atoms with van der Waals surface area (Å²) in [6.45, 7) is 9.56. The van der Waals surface area contributed by atoms with Crippen molar-refractivity contribution in [3.8, 4) is 16.9 Å². The number of phenols is 1. The Morgan fingerprint density at radius 2 is 1.68 bits per heavy atom. The first kappa shape index (κ1) is 35.2. The van der Waals surface area contributed by atoms with Gasteiger partial charge in [0.2, 0.25) is 0 Å². The Kier molecular flexibility index (Phi) is 8.45. The van der Waals surface area contributed by atoms with Crippen molar-refractivity contribution >= 4 is 40.5 Å². The summed E-state index contributed by atoms with van der Waals surface area (Å²) in [5.41, 5.74) is -2.59. The lowest BCUT2D eigenvalue weighted by Gasteiger charge is -2.61. The largest absolute Gasteiger partial charge is 0.507 e. The van der Waals surface area contributed by atoms with E-state index in [9.17, 15) is 43.8 Å². The molecule has 6 rings (SSSR count). The maximum absolute atomic E-state index is 14.6. The number of phenolic OH excluding ortho intramolecular Hbond substituents is 1. The van der Waals surface area contributed by atoms with Crippen LogP contribution in [0.25, 0.3) is 11.1 Å². The second kappa shape index (κ2) is 12.0. The summed E-state index contributed by atoms with van der Waals surface area (Å²) in [6.07, 6.45) is 6.28. The molecule has 4 aliphatic carbocycles. The number of hydrogen-bond donors (Lipinski definition) is 2. The van der Waals surface area contributed by atoms with Crippen LogP contribution in [0.1, 0.15) is 92.6 Å². The fraction of sp³-hybridized carbons (Fsp3) is 0.439. The van der Waals surface area contributed by atoms with E-state index in [-0.39, 0.29) is 48.6 Å². The molecule has 0 aliphatic heterocycles. The van der Waals surface area contributed by atoms with Gasteiger partial charge >= 0.3 is 0 Å². The lowest BCUT2D eigenvalue weighted by Crippen LogP contribution is -2.76. The number of carbonyl (C=O) groups excluding carboxylic acids is 7. The van der Waals surface area contributed by atoms with Gasteiger partial charge in [0.1, 0.15) is 17.5 Å². The second-order valence-electron chi connectivity index (χ2n) is 15.4. The highest BCUT2D eigenvalue weighted by atomic mass is 16.3. The SMILES string of the molecule is CCC(=O)c1cc(CC(=O)C2=CC=CC2)cc(-c2ccc(O)c3c2C[C@]2(C)C[C@]4(C)C(C(C)C)C(=O)C(C(C)=O)C(=O)[C@]4(O)C(=O)C2C3=O)c1. The summed E-state index contributed by atoms with van der Waals surface area (Å²) in [5, 5.41) is 23.4. The Labute approximate surface area is 290 Å². The molecule has 0 saturated heterocycles. The molecule has 0 spiro atoms. The summed E-state index contributed by atoms with van der Waals surface area (Å²) in [5.74, 6) is -9.88. The van der Waals surface area contributed by atoms with Gasteiger partial charge in [-0.1, -0.05) is 65.0 Å². The fourth-order valence-electron chi connectivity index (χ4n) is 9.67. The average Bonchev–Trinajstić information content (AvgIpc) is 3.57. The number of carbonyl (C=O) groups is 7. The predicted octanol–water partition coefficient (Wildman–Crippen LogP) is 5.35. The monoisotopic (exact) mass is 678 g/mol. The van der Waals surface area contributed by atoms with E-state index in [1.54, 1.807) is 58.0 Å². The van der Waals surface area contributed by atoms with Crippen molar-refractivity contribution < 1.29 is 43.8 Å². The second-order valence-corrected chi connectivity index (χ2v) is 15.4. The third-order valence-corrected chi connectivity index (χ3v) is 11.7. The Balaban J connectivity index is 1.52. The van der Waals surface area contributed by atoms with Gasteiger partial charge in [0.05, 0.1) is 11.5 Å². The minimum Gasteiger partial charge on any atom is -0.507 e. The number of ketones is 7. The van der Waals surface area contributed by atoms with Crippen LogP contribution < -0.4 is 0 Å². The van der Waals surface area contributed by atoms with Gasteiger partial charge < -0.3 is 10.2 Å². The van der Waals surface area contributed by atoms with Crippen molar-refractivity contribution in [2.24, 2.45) is 34.5 Å². The standard InChI is InChI=1S/C41H42O9/c1-7-28(43)25-15-22(16-30(45)23-10-8-9-11-23)14-24(17-25)26-12-13-29(44)32-27(26)18-39(5)19-40(6)33(20(2)3)35(46)31(21(4)42)37(48)41(40,50)38(49)34(39)36(32)47/h8-10,12-15,17,20,31,33-34,44,50H,7,11,16,18-19H2,1-6H3/t31?,33?,34?,39-,40-,41+/m1/s1. The normalized spacial score (nSPS) is 30.2. The number of rotatable bonds is 8. The Morgan fingerprint density at radius 3 is 2.28 bits per heavy atom. The molecule has 0 radical (unpaired) electrons. The molecule has 2 saturated carbocycles. The highest BCUT2D eigenvalue weighted by molar-refractivity contribution is 6.32. The zero-order valence-electron chi connectivity index (χ0n) is 29.2. The van der Waals surface area contributed by atoms with Crippen molar-refractivity contribution in [2.75, 3.05) is 0 Å². The van der Waals surface area contributed by atoms with Gasteiger partial charge in [-0.2, -0.15) is 0 Å². The van der Waals surface area contributed by atoms with E-state index in [0.29, 0.717) is 39.8 Å². The van der Waals surface area contributed by atoms with Gasteiger partial charge in [0, 0.05) is 29.7 Å². The topological polar surface area (TPSA) is 160 Å². The number of benzene rings is 2. The molecule has 2 N–H and O–H groups in total. The summed E-state index contributed by atoms with van der Waals surface area (Å²) >= 11 is 0. The van der Waals surface area contributed by atoms with Gasteiger partial charge in [-0.25, -0.2) is 0 Å². The first-order valence-electron chi connectivity index (χ1n) is 17.2. The summed E-state index contributed by atoms with van der Waals surface area (Å²) < 4.78 is 0. The molecule has 50 heavy (non-hydrogen) atoms. The molecule has 2 aromatic carbocycles. The average molecular weight is 679 g/mol. The van der Waals surface area contributed by atoms with Crippen LogP contribution in [0.3, 0.4) is 0 Å². The highest BCUT2D eigenvalue weighted by Gasteiger charge is 2.76. The van der Waals surface area contributed by atoms with Gasteiger partial charge in [0.25, 0.3) is 0 Å². The number of Topliss-reactive ketones (excluding diaryl/α,β-unsaturated/α-hetero) is 7. The van der Waals surface area contributed by atoms with Gasteiger partial charge in [-0.05, 0) is 83.5 Å². The zero-order chi connectivity index (χ0) is 36.7. The lowest BCUT2D eigenvalue weighted by atomic mass is 9.40. The Morgan fingerprint density at radius 1 is 0.980 bits per heavy atom. The molecule has 0 aromatic heterocycles. The van der Waals surface area contributed by atoms with Crippen LogP contribution in [0.4, 0.5) is 0 Å². The number of aromatic hydroxyl groups is 1. The molecule has 9 nitrogen and oxygen atoms in total. The first-order valence-corrected chi connectivity index (χ1v) is 17.2. The van der Waals surface area contributed by atoms with Crippen molar-refractivity contribution in [1.82, 2.24) is 0 Å². The molecule has 0 bridgehead atoms. The van der Waals surface area contributed by atoms with Crippen molar-refractivity contribution in [2.45, 2.75) is 79.2 Å². The Hall–Kier alpha value is -4.63. The molecule has 2 aromatic rings. The van der Waals surface area contributed by atoms with E-state index >= 15 is 0 Å². The van der Waals surface area contributed by atoms with Gasteiger partial charge in [0.15, 0.2) is 40.3 Å². The molecule has 3 unspecified atom stereocenters. The Bertz CT molecular complexity index is 2000. The van der Waals surface area contributed by atoms with Crippen molar-refractivity contribution in [1.29, 1.82) is 0 Å². The summed E-state index contributed by atoms with van der Waals surface area (Å²) in [4.78, 5) is 95.7. The number of allylic oxidation sites excluding steroid dienone is 4. The van der Waals surface area contributed by atoms with Crippen LogP contribution in [0.5, 0.6) is 5.75 Å². The van der Waals surface area contributed by atoms with Crippen LogP contribution in [-0.2, 0) is 36.8 Å². The smallest absolute Gasteiger partial charge is 0.190 e. The summed E-state index contributed by atoms with van der Waals surface area (Å²) in [6, 6.07) is 8.16. The first-order chi connectivity index (χ1) is 23.4. The third kappa shape index (κ3) is 4.95. The quantitative estimate of drug-likeness (QED) is 0.277. The number of aliphatic hydroxyl groups is 1. The zero-order valence-corrected chi connectivity index (χ0v) is 29.2. The molecule has 9 heteroatoms.